The molecular formula is C28H29N7O5S. The zero-order chi connectivity index (χ0) is 29.0. The minimum Gasteiger partial charge on any atom is -0.495 e. The summed E-state index contributed by atoms with van der Waals surface area (Å²) in [5, 5.41) is 20.9. The van der Waals surface area contributed by atoms with Gasteiger partial charge in [0.05, 0.1) is 45.8 Å². The average molecular weight is 576 g/mol. The van der Waals surface area contributed by atoms with Crippen LogP contribution in [-0.4, -0.2) is 49.5 Å². The molecule has 2 N–H and O–H groups in total. The Morgan fingerprint density at radius 2 is 1.73 bits per heavy atom. The van der Waals surface area contributed by atoms with E-state index in [1.165, 1.54) is 25.3 Å². The minimum absolute atomic E-state index is 0.0401. The number of sulfonamides is 1. The van der Waals surface area contributed by atoms with Crippen LogP contribution >= 0.6 is 0 Å². The van der Waals surface area contributed by atoms with Crippen LogP contribution in [0, 0.1) is 17.0 Å². The van der Waals surface area contributed by atoms with Crippen molar-refractivity contribution in [1.29, 1.82) is 0 Å². The number of rotatable bonds is 10. The molecule has 2 heterocycles. The highest BCUT2D eigenvalue weighted by atomic mass is 32.2. The number of hydrogen-bond acceptors (Lipinski definition) is 9. The Labute approximate surface area is 237 Å². The molecule has 0 radical (unpaired) electrons. The zero-order valence-corrected chi connectivity index (χ0v) is 23.3. The van der Waals surface area contributed by atoms with Crippen molar-refractivity contribution in [2.45, 2.75) is 24.7 Å². The molecule has 0 saturated carbocycles. The van der Waals surface area contributed by atoms with Crippen molar-refractivity contribution in [3.8, 4) is 11.4 Å². The van der Waals surface area contributed by atoms with Gasteiger partial charge in [-0.25, -0.2) is 13.1 Å². The van der Waals surface area contributed by atoms with Crippen LogP contribution in [0.15, 0.2) is 82.8 Å². The van der Waals surface area contributed by atoms with Gasteiger partial charge in [0.2, 0.25) is 0 Å². The molecule has 0 spiro atoms. The first-order valence-corrected chi connectivity index (χ1v) is 14.4. The second kappa shape index (κ2) is 11.7. The number of nitrogens with zero attached hydrogens (tertiary/aromatic N) is 5. The fourth-order valence-electron chi connectivity index (χ4n) is 4.68. The molecule has 1 aliphatic rings. The topological polar surface area (TPSA) is 144 Å². The van der Waals surface area contributed by atoms with E-state index in [2.05, 4.69) is 20.1 Å². The largest absolute Gasteiger partial charge is 0.495 e. The molecule has 13 heteroatoms. The molecule has 3 aromatic carbocycles. The van der Waals surface area contributed by atoms with Crippen molar-refractivity contribution in [3.63, 3.8) is 0 Å². The van der Waals surface area contributed by atoms with Crippen LogP contribution in [0.5, 0.6) is 5.75 Å². The van der Waals surface area contributed by atoms with E-state index in [1.807, 2.05) is 41.9 Å². The van der Waals surface area contributed by atoms with Gasteiger partial charge in [-0.15, -0.1) is 0 Å². The lowest BCUT2D eigenvalue weighted by molar-refractivity contribution is -0.384. The van der Waals surface area contributed by atoms with Gasteiger partial charge >= 0.3 is 0 Å². The van der Waals surface area contributed by atoms with Gasteiger partial charge in [0.15, 0.2) is 0 Å². The highest BCUT2D eigenvalue weighted by Crippen LogP contribution is 2.32. The third-order valence-corrected chi connectivity index (χ3v) is 8.06. The van der Waals surface area contributed by atoms with Crippen molar-refractivity contribution in [1.82, 2.24) is 9.78 Å². The number of hydrazone groups is 1. The molecule has 0 atom stereocenters. The molecule has 0 aliphatic carbocycles. The van der Waals surface area contributed by atoms with E-state index in [1.54, 1.807) is 24.4 Å². The Morgan fingerprint density at radius 1 is 1.02 bits per heavy atom. The minimum atomic E-state index is -4.14. The van der Waals surface area contributed by atoms with Crippen LogP contribution in [0.4, 0.5) is 22.9 Å². The quantitative estimate of drug-likeness (QED) is 0.154. The Bertz CT molecular complexity index is 1700. The molecule has 1 fully saturated rings. The van der Waals surface area contributed by atoms with Crippen LogP contribution < -0.4 is 19.8 Å². The van der Waals surface area contributed by atoms with Crippen LogP contribution in [0.2, 0.25) is 0 Å². The Morgan fingerprint density at radius 3 is 2.44 bits per heavy atom. The normalized spacial score (nSPS) is 13.5. The van der Waals surface area contributed by atoms with Crippen molar-refractivity contribution < 1.29 is 18.1 Å². The average Bonchev–Trinajstić information content (AvgIpc) is 3.61. The summed E-state index contributed by atoms with van der Waals surface area (Å²) >= 11 is 0. The van der Waals surface area contributed by atoms with E-state index in [0.717, 1.165) is 54.8 Å². The number of nitro benzene ring substituents is 1. The van der Waals surface area contributed by atoms with E-state index in [-0.39, 0.29) is 16.3 Å². The van der Waals surface area contributed by atoms with Gasteiger partial charge in [0.25, 0.3) is 15.7 Å². The van der Waals surface area contributed by atoms with Gasteiger partial charge in [0.1, 0.15) is 17.3 Å². The van der Waals surface area contributed by atoms with Crippen molar-refractivity contribution in [2.75, 3.05) is 35.2 Å². The summed E-state index contributed by atoms with van der Waals surface area (Å²) < 4.78 is 35.5. The number of nitrogens with one attached hydrogen (secondary N) is 2. The highest BCUT2D eigenvalue weighted by molar-refractivity contribution is 7.92. The molecular weight excluding hydrogens is 546 g/mol. The Hall–Kier alpha value is -4.91. The van der Waals surface area contributed by atoms with Crippen LogP contribution in [0.1, 0.15) is 24.1 Å². The van der Waals surface area contributed by atoms with Gasteiger partial charge in [-0.1, -0.05) is 30.3 Å². The smallest absolute Gasteiger partial charge is 0.295 e. The number of nitro groups is 1. The predicted octanol–water partition coefficient (Wildman–Crippen LogP) is 4.94. The van der Waals surface area contributed by atoms with Crippen LogP contribution in [0.3, 0.4) is 0 Å². The number of aryl methyl sites for hydroxylation is 1. The van der Waals surface area contributed by atoms with Crippen molar-refractivity contribution in [2.24, 2.45) is 5.10 Å². The SMILES string of the molecule is COc1ccccc1NS(=O)(=O)c1ccc(NN=Cc2c(C)nn(-c3ccccc3)c2N2CCCC2)c([N+](=O)[O-])c1. The molecule has 0 amide bonds. The molecule has 0 unspecified atom stereocenters. The second-order valence-electron chi connectivity index (χ2n) is 9.38. The first-order valence-electron chi connectivity index (χ1n) is 12.9. The highest BCUT2D eigenvalue weighted by Gasteiger charge is 2.25. The van der Waals surface area contributed by atoms with E-state index in [4.69, 9.17) is 9.84 Å². The van der Waals surface area contributed by atoms with Gasteiger partial charge in [-0.05, 0) is 56.2 Å². The molecule has 12 nitrogen and oxygen atoms in total. The van der Waals surface area contributed by atoms with Gasteiger partial charge in [-0.2, -0.15) is 10.2 Å². The predicted molar refractivity (Wildman–Crippen MR) is 158 cm³/mol. The fourth-order valence-corrected chi connectivity index (χ4v) is 5.77. The molecule has 0 bridgehead atoms. The molecule has 1 aromatic heterocycles. The fraction of sp³-hybridized carbons (Fsp3) is 0.214. The number of para-hydroxylation sites is 3. The Balaban J connectivity index is 1.43. The summed E-state index contributed by atoms with van der Waals surface area (Å²) in [5.74, 6) is 1.22. The van der Waals surface area contributed by atoms with E-state index in [0.29, 0.717) is 5.75 Å². The summed E-state index contributed by atoms with van der Waals surface area (Å²) in [7, 11) is -2.73. The summed E-state index contributed by atoms with van der Waals surface area (Å²) in [5.41, 5.74) is 4.98. The van der Waals surface area contributed by atoms with Crippen molar-refractivity contribution >= 4 is 39.1 Å². The first kappa shape index (κ1) is 27.6. The van der Waals surface area contributed by atoms with E-state index < -0.39 is 20.6 Å². The van der Waals surface area contributed by atoms with E-state index >= 15 is 0 Å². The lowest BCUT2D eigenvalue weighted by Gasteiger charge is -2.20. The number of aromatic nitrogens is 2. The number of anilines is 3. The Kier molecular flexibility index (Phi) is 7.88. The molecule has 212 valence electrons. The molecule has 5 rings (SSSR count). The van der Waals surface area contributed by atoms with Gasteiger partial charge in [0, 0.05) is 19.2 Å². The summed E-state index contributed by atoms with van der Waals surface area (Å²) in [6, 6.07) is 19.9. The second-order valence-corrected chi connectivity index (χ2v) is 11.1. The zero-order valence-electron chi connectivity index (χ0n) is 22.5. The number of hydrogen-bond donors (Lipinski definition) is 2. The third kappa shape index (κ3) is 5.84. The molecule has 1 saturated heterocycles. The molecule has 41 heavy (non-hydrogen) atoms. The maximum atomic E-state index is 13.0. The van der Waals surface area contributed by atoms with Crippen LogP contribution in [-0.2, 0) is 10.0 Å². The summed E-state index contributed by atoms with van der Waals surface area (Å²) in [6.07, 6.45) is 3.73. The number of ether oxygens (including phenoxy) is 1. The first-order chi connectivity index (χ1) is 19.8. The number of methoxy groups -OCH3 is 1. The van der Waals surface area contributed by atoms with Crippen LogP contribution in [0.25, 0.3) is 5.69 Å². The van der Waals surface area contributed by atoms with Gasteiger partial charge < -0.3 is 9.64 Å². The van der Waals surface area contributed by atoms with E-state index in [9.17, 15) is 18.5 Å². The van der Waals surface area contributed by atoms with Gasteiger partial charge in [-0.3, -0.25) is 20.3 Å². The molecule has 4 aromatic rings. The lowest BCUT2D eigenvalue weighted by atomic mass is 10.2. The maximum Gasteiger partial charge on any atom is 0.295 e. The standard InChI is InChI=1S/C28H29N7O5S/c1-20-23(28(33-16-8-9-17-33)34(31-20)21-10-4-3-5-11-21)19-29-30-24-15-14-22(18-26(24)35(36)37)41(38,39)32-25-12-6-7-13-27(25)40-2/h3-7,10-15,18-19,30,32H,8-9,16-17H2,1-2H3. The molecule has 1 aliphatic heterocycles. The summed E-state index contributed by atoms with van der Waals surface area (Å²) in [4.78, 5) is 13.2. The summed E-state index contributed by atoms with van der Waals surface area (Å²) in [6.45, 7) is 3.66. The third-order valence-electron chi connectivity index (χ3n) is 6.69. The van der Waals surface area contributed by atoms with Crippen molar-refractivity contribution in [3.05, 3.63) is 94.2 Å². The maximum absolute atomic E-state index is 13.0. The monoisotopic (exact) mass is 575 g/mol. The number of benzene rings is 3. The lowest BCUT2D eigenvalue weighted by Crippen LogP contribution is -2.22.